The number of nitrogens with one attached hydrogen (secondary N) is 2. The number of aromatic nitrogens is 2. The molecule has 1 aromatic heterocycles. The van der Waals surface area contributed by atoms with Crippen molar-refractivity contribution in [3.8, 4) is 0 Å². The van der Waals surface area contributed by atoms with Crippen molar-refractivity contribution in [3.05, 3.63) is 23.2 Å². The number of carbonyl (C=O) groups excluding carboxylic acids is 1. The summed E-state index contributed by atoms with van der Waals surface area (Å²) < 4.78 is 0. The Balaban J connectivity index is 1.93. The van der Waals surface area contributed by atoms with Crippen LogP contribution in [0.2, 0.25) is 0 Å². The first-order valence-corrected chi connectivity index (χ1v) is 9.63. The summed E-state index contributed by atoms with van der Waals surface area (Å²) in [6.45, 7) is 5.25. The fourth-order valence-corrected chi connectivity index (χ4v) is 3.45. The standard InChI is InChI=1S/C19H29N7O/c1-11(2)8-22-9-12(7-20)17-16-15(10-23-18(16)27)25-19(26-17)24-14-6-4-3-5-13(14)21/h7,9,11,13-14H,3-6,8,10,20-21H2,1-2H3,(H,23,27)(H,24,25,26)/b12-7+,22-9?/t13-,14+/m0/s1. The molecule has 2 atom stereocenters. The molecule has 0 radical (unpaired) electrons. The van der Waals surface area contributed by atoms with Gasteiger partial charge in [0.15, 0.2) is 0 Å². The molecular formula is C19H29N7O. The zero-order valence-corrected chi connectivity index (χ0v) is 16.0. The van der Waals surface area contributed by atoms with Crippen LogP contribution >= 0.6 is 0 Å². The number of hydrogen-bond acceptors (Lipinski definition) is 7. The molecule has 8 nitrogen and oxygen atoms in total. The molecule has 2 aliphatic rings. The first-order chi connectivity index (χ1) is 13.0. The number of nitrogens with two attached hydrogens (primary N) is 2. The largest absolute Gasteiger partial charge is 0.404 e. The van der Waals surface area contributed by atoms with E-state index in [1.807, 2.05) is 0 Å². The predicted molar refractivity (Wildman–Crippen MR) is 107 cm³/mol. The Hall–Kier alpha value is -2.48. The van der Waals surface area contributed by atoms with Crippen molar-refractivity contribution >= 4 is 23.6 Å². The third-order valence-corrected chi connectivity index (χ3v) is 4.92. The molecule has 1 amide bonds. The highest BCUT2D eigenvalue weighted by Crippen LogP contribution is 2.26. The van der Waals surface area contributed by atoms with E-state index < -0.39 is 0 Å². The van der Waals surface area contributed by atoms with Crippen molar-refractivity contribution in [2.75, 3.05) is 11.9 Å². The number of fused-ring (bicyclic) bond motifs is 1. The van der Waals surface area contributed by atoms with E-state index in [2.05, 4.69) is 39.4 Å². The lowest BCUT2D eigenvalue weighted by atomic mass is 9.91. The fraction of sp³-hybridized carbons (Fsp3) is 0.579. The molecule has 0 spiro atoms. The zero-order chi connectivity index (χ0) is 19.4. The van der Waals surface area contributed by atoms with Crippen LogP contribution in [0.25, 0.3) is 5.57 Å². The fourth-order valence-electron chi connectivity index (χ4n) is 3.45. The summed E-state index contributed by atoms with van der Waals surface area (Å²) in [6.07, 6.45) is 7.40. The van der Waals surface area contributed by atoms with E-state index in [1.54, 1.807) is 6.21 Å². The Labute approximate surface area is 159 Å². The minimum absolute atomic E-state index is 0.0796. The molecule has 8 heteroatoms. The molecule has 1 saturated carbocycles. The number of amides is 1. The van der Waals surface area contributed by atoms with Gasteiger partial charge in [-0.3, -0.25) is 9.79 Å². The van der Waals surface area contributed by atoms with Gasteiger partial charge in [-0.25, -0.2) is 9.97 Å². The Bertz CT molecular complexity index is 757. The van der Waals surface area contributed by atoms with Crippen molar-refractivity contribution < 1.29 is 4.79 Å². The topological polar surface area (TPSA) is 131 Å². The van der Waals surface area contributed by atoms with Crippen molar-refractivity contribution in [1.82, 2.24) is 15.3 Å². The van der Waals surface area contributed by atoms with Gasteiger partial charge in [-0.2, -0.15) is 0 Å². The van der Waals surface area contributed by atoms with Crippen molar-refractivity contribution in [2.24, 2.45) is 22.4 Å². The van der Waals surface area contributed by atoms with Crippen LogP contribution in [-0.4, -0.2) is 40.7 Å². The average molecular weight is 371 g/mol. The SMILES string of the molecule is CC(C)CN=C/C(=C\N)c1nc(N[C@@H]2CCCC[C@@H]2N)nc2c1C(=O)NC2. The monoisotopic (exact) mass is 371 g/mol. The summed E-state index contributed by atoms with van der Waals surface area (Å²) in [5.74, 6) is 0.737. The Morgan fingerprint density at radius 1 is 1.37 bits per heavy atom. The minimum Gasteiger partial charge on any atom is -0.404 e. The molecule has 6 N–H and O–H groups in total. The highest BCUT2D eigenvalue weighted by atomic mass is 16.1. The van der Waals surface area contributed by atoms with E-state index in [-0.39, 0.29) is 18.0 Å². The highest BCUT2D eigenvalue weighted by molar-refractivity contribution is 6.14. The van der Waals surface area contributed by atoms with E-state index in [4.69, 9.17) is 11.5 Å². The normalized spacial score (nSPS) is 23.0. The van der Waals surface area contributed by atoms with Gasteiger partial charge in [0, 0.05) is 36.6 Å². The number of hydrogen-bond donors (Lipinski definition) is 4. The number of anilines is 1. The van der Waals surface area contributed by atoms with E-state index in [0.29, 0.717) is 47.5 Å². The number of rotatable bonds is 6. The maximum absolute atomic E-state index is 12.3. The second-order valence-electron chi connectivity index (χ2n) is 7.61. The molecule has 1 aliphatic heterocycles. The molecule has 1 fully saturated rings. The van der Waals surface area contributed by atoms with Crippen molar-refractivity contribution in [1.29, 1.82) is 0 Å². The Morgan fingerprint density at radius 2 is 2.15 bits per heavy atom. The van der Waals surface area contributed by atoms with Crippen LogP contribution in [0, 0.1) is 5.92 Å². The van der Waals surface area contributed by atoms with Crippen LogP contribution in [0.4, 0.5) is 5.95 Å². The number of allylic oxidation sites excluding steroid dienone is 1. The maximum atomic E-state index is 12.3. The first-order valence-electron chi connectivity index (χ1n) is 9.63. The van der Waals surface area contributed by atoms with Gasteiger partial charge < -0.3 is 22.1 Å². The summed E-state index contributed by atoms with van der Waals surface area (Å²) in [4.78, 5) is 25.9. The summed E-state index contributed by atoms with van der Waals surface area (Å²) >= 11 is 0. The summed E-state index contributed by atoms with van der Waals surface area (Å²) in [6, 6.07) is 0.213. The summed E-state index contributed by atoms with van der Waals surface area (Å²) in [7, 11) is 0. The zero-order valence-electron chi connectivity index (χ0n) is 16.0. The summed E-state index contributed by atoms with van der Waals surface area (Å²) in [5.41, 5.74) is 14.3. The average Bonchev–Trinajstić information content (AvgIpc) is 3.01. The van der Waals surface area contributed by atoms with Crippen LogP contribution in [0.1, 0.15) is 61.3 Å². The van der Waals surface area contributed by atoms with Crippen LogP contribution in [0.15, 0.2) is 11.2 Å². The minimum atomic E-state index is -0.183. The molecule has 1 aromatic rings. The lowest BCUT2D eigenvalue weighted by Gasteiger charge is -2.29. The molecule has 27 heavy (non-hydrogen) atoms. The molecule has 2 heterocycles. The number of nitrogens with zero attached hydrogens (tertiary/aromatic N) is 3. The highest BCUT2D eigenvalue weighted by Gasteiger charge is 2.29. The van der Waals surface area contributed by atoms with Crippen LogP contribution in [-0.2, 0) is 6.54 Å². The van der Waals surface area contributed by atoms with Gasteiger partial charge in [0.2, 0.25) is 5.95 Å². The van der Waals surface area contributed by atoms with Gasteiger partial charge in [-0.15, -0.1) is 0 Å². The van der Waals surface area contributed by atoms with Crippen LogP contribution in [0.5, 0.6) is 0 Å². The molecule has 1 aliphatic carbocycles. The van der Waals surface area contributed by atoms with Gasteiger partial charge in [-0.1, -0.05) is 26.7 Å². The molecule has 3 rings (SSSR count). The Kier molecular flexibility index (Phi) is 6.05. The van der Waals surface area contributed by atoms with Crippen LogP contribution in [0.3, 0.4) is 0 Å². The molecule has 146 valence electrons. The lowest BCUT2D eigenvalue weighted by Crippen LogP contribution is -2.43. The molecule has 0 bridgehead atoms. The van der Waals surface area contributed by atoms with E-state index in [1.165, 1.54) is 6.20 Å². The third-order valence-electron chi connectivity index (χ3n) is 4.92. The second-order valence-corrected chi connectivity index (χ2v) is 7.61. The van der Waals surface area contributed by atoms with Gasteiger partial charge in [-0.05, 0) is 18.8 Å². The lowest BCUT2D eigenvalue weighted by molar-refractivity contribution is 0.0965. The summed E-state index contributed by atoms with van der Waals surface area (Å²) in [5, 5.41) is 6.18. The third kappa shape index (κ3) is 4.44. The van der Waals surface area contributed by atoms with E-state index in [9.17, 15) is 4.79 Å². The van der Waals surface area contributed by atoms with Crippen LogP contribution < -0.4 is 22.1 Å². The molecule has 0 unspecified atom stereocenters. The predicted octanol–water partition coefficient (Wildman–Crippen LogP) is 1.43. The number of carbonyl (C=O) groups is 1. The van der Waals surface area contributed by atoms with Crippen molar-refractivity contribution in [3.63, 3.8) is 0 Å². The van der Waals surface area contributed by atoms with Crippen molar-refractivity contribution in [2.45, 2.75) is 58.2 Å². The van der Waals surface area contributed by atoms with Gasteiger partial charge in [0.1, 0.15) is 0 Å². The smallest absolute Gasteiger partial charge is 0.255 e. The quantitative estimate of drug-likeness (QED) is 0.559. The molecule has 0 saturated heterocycles. The van der Waals surface area contributed by atoms with E-state index in [0.717, 1.165) is 25.7 Å². The second kappa shape index (κ2) is 8.47. The number of aliphatic imine (C=N–C) groups is 1. The molecular weight excluding hydrogens is 342 g/mol. The maximum Gasteiger partial charge on any atom is 0.255 e. The first kappa shape index (κ1) is 19.3. The Morgan fingerprint density at radius 3 is 2.85 bits per heavy atom. The van der Waals surface area contributed by atoms with Gasteiger partial charge in [0.25, 0.3) is 5.91 Å². The van der Waals surface area contributed by atoms with Gasteiger partial charge >= 0.3 is 0 Å². The molecule has 0 aromatic carbocycles. The van der Waals surface area contributed by atoms with E-state index >= 15 is 0 Å². The van der Waals surface area contributed by atoms with Gasteiger partial charge in [0.05, 0.1) is 23.5 Å².